The van der Waals surface area contributed by atoms with E-state index in [1.165, 1.54) is 25.5 Å². The highest BCUT2D eigenvalue weighted by Gasteiger charge is 2.62. The van der Waals surface area contributed by atoms with Crippen molar-refractivity contribution >= 4 is 28.6 Å². The third-order valence-corrected chi connectivity index (χ3v) is 5.89. The molecule has 13 heteroatoms. The Labute approximate surface area is 210 Å². The van der Waals surface area contributed by atoms with Gasteiger partial charge in [-0.1, -0.05) is 40.6 Å². The molecule has 1 aliphatic rings. The average molecular weight is 541 g/mol. The smallest absolute Gasteiger partial charge is 0.399 e. The number of carbonyl (C=O) groups excluding carboxylic acids is 1. The van der Waals surface area contributed by atoms with E-state index < -0.39 is 47.2 Å². The molecular weight excluding hydrogens is 523 g/mol. The molecule has 0 aromatic heterocycles. The minimum absolute atomic E-state index is 0.0466. The van der Waals surface area contributed by atoms with Crippen molar-refractivity contribution in [2.24, 2.45) is 10.3 Å². The minimum Gasteiger partial charge on any atom is -0.399 e. The Morgan fingerprint density at radius 3 is 2.47 bits per heavy atom. The van der Waals surface area contributed by atoms with Crippen molar-refractivity contribution in [2.45, 2.75) is 24.4 Å². The zero-order chi connectivity index (χ0) is 27.7. The standard InChI is InChI=1S/C25H18F7N3O3/c1-37-34-9-8-33-22(36)20-7-6-19(17-4-2-3-5-18(17)20)21-13-23(38-35-21,25(30,31)32)14-10-15(24(27,28)29)12-16(26)11-14/h2-7,9-12H,8,13H2,1H3,(H,33,36)/b34-9+. The quantitative estimate of drug-likeness (QED) is 0.239. The molecule has 38 heavy (non-hydrogen) atoms. The number of fused-ring (bicyclic) bond motifs is 1. The molecule has 4 rings (SSSR count). The number of alkyl halides is 6. The molecule has 1 unspecified atom stereocenters. The third kappa shape index (κ3) is 5.00. The molecule has 0 radical (unpaired) electrons. The van der Waals surface area contributed by atoms with Gasteiger partial charge in [0.15, 0.2) is 0 Å². The Bertz CT molecular complexity index is 1430. The molecule has 3 aromatic rings. The van der Waals surface area contributed by atoms with E-state index in [1.54, 1.807) is 24.3 Å². The molecule has 1 atom stereocenters. The predicted molar refractivity (Wildman–Crippen MR) is 123 cm³/mol. The number of hydrogen-bond donors (Lipinski definition) is 1. The average Bonchev–Trinajstić information content (AvgIpc) is 3.32. The highest BCUT2D eigenvalue weighted by Crippen LogP contribution is 2.50. The molecule has 0 aliphatic carbocycles. The van der Waals surface area contributed by atoms with Crippen molar-refractivity contribution in [1.29, 1.82) is 0 Å². The minimum atomic E-state index is -5.26. The summed E-state index contributed by atoms with van der Waals surface area (Å²) in [5.74, 6) is -2.00. The fraction of sp³-hybridized carbons (Fsp3) is 0.240. The summed E-state index contributed by atoms with van der Waals surface area (Å²) in [7, 11) is 1.33. The summed E-state index contributed by atoms with van der Waals surface area (Å²) in [4.78, 5) is 22.0. The highest BCUT2D eigenvalue weighted by atomic mass is 19.4. The number of nitrogens with one attached hydrogen (secondary N) is 1. The SMILES string of the molecule is CO/N=C/CNC(=O)c1ccc(C2=NOC(c3cc(F)cc(C(F)(F)F)c3)(C(F)(F)F)C2)c2ccccc12. The molecule has 6 nitrogen and oxygen atoms in total. The fourth-order valence-corrected chi connectivity index (χ4v) is 4.13. The van der Waals surface area contributed by atoms with Crippen LogP contribution in [0.15, 0.2) is 64.9 Å². The number of rotatable bonds is 6. The van der Waals surface area contributed by atoms with Gasteiger partial charge in [-0.15, -0.1) is 0 Å². The summed E-state index contributed by atoms with van der Waals surface area (Å²) in [6.07, 6.45) is -10.1. The number of benzene rings is 3. The van der Waals surface area contributed by atoms with Crippen LogP contribution in [0.2, 0.25) is 0 Å². The number of carbonyl (C=O) groups is 1. The van der Waals surface area contributed by atoms with Crippen molar-refractivity contribution in [3.8, 4) is 0 Å². The van der Waals surface area contributed by atoms with Gasteiger partial charge in [0, 0.05) is 23.1 Å². The molecule has 0 spiro atoms. The van der Waals surface area contributed by atoms with Gasteiger partial charge in [-0.3, -0.25) is 4.79 Å². The Balaban J connectivity index is 1.75. The zero-order valence-corrected chi connectivity index (χ0v) is 19.5. The largest absolute Gasteiger partial charge is 0.435 e. The summed E-state index contributed by atoms with van der Waals surface area (Å²) >= 11 is 0. The van der Waals surface area contributed by atoms with Gasteiger partial charge in [0.05, 0.1) is 24.0 Å². The van der Waals surface area contributed by atoms with E-state index in [-0.39, 0.29) is 35.5 Å². The van der Waals surface area contributed by atoms with Crippen molar-refractivity contribution in [1.82, 2.24) is 5.32 Å². The fourth-order valence-electron chi connectivity index (χ4n) is 4.13. The number of nitrogens with zero attached hydrogens (tertiary/aromatic N) is 2. The lowest BCUT2D eigenvalue weighted by atomic mass is 9.84. The van der Waals surface area contributed by atoms with Crippen LogP contribution in [0.1, 0.15) is 33.5 Å². The maximum absolute atomic E-state index is 14.3. The number of hydrogen-bond acceptors (Lipinski definition) is 5. The molecule has 0 fully saturated rings. The van der Waals surface area contributed by atoms with Crippen LogP contribution in [0.3, 0.4) is 0 Å². The van der Waals surface area contributed by atoms with Crippen molar-refractivity contribution < 1.29 is 45.2 Å². The van der Waals surface area contributed by atoms with Gasteiger partial charge in [0.2, 0.25) is 0 Å². The second-order valence-corrected chi connectivity index (χ2v) is 8.24. The second kappa shape index (κ2) is 9.95. The molecule has 0 saturated heterocycles. The van der Waals surface area contributed by atoms with Crippen LogP contribution in [0.4, 0.5) is 30.7 Å². The van der Waals surface area contributed by atoms with Gasteiger partial charge in [-0.05, 0) is 35.0 Å². The molecule has 200 valence electrons. The van der Waals surface area contributed by atoms with E-state index in [4.69, 9.17) is 4.84 Å². The van der Waals surface area contributed by atoms with E-state index in [9.17, 15) is 35.5 Å². The topological polar surface area (TPSA) is 72.3 Å². The monoisotopic (exact) mass is 541 g/mol. The van der Waals surface area contributed by atoms with Gasteiger partial charge in [0.25, 0.3) is 11.5 Å². The molecule has 1 heterocycles. The van der Waals surface area contributed by atoms with Crippen LogP contribution < -0.4 is 5.32 Å². The summed E-state index contributed by atoms with van der Waals surface area (Å²) < 4.78 is 96.7. The van der Waals surface area contributed by atoms with E-state index in [0.717, 1.165) is 0 Å². The van der Waals surface area contributed by atoms with E-state index in [0.29, 0.717) is 16.8 Å². The number of halogens is 7. The van der Waals surface area contributed by atoms with E-state index in [2.05, 4.69) is 20.5 Å². The van der Waals surface area contributed by atoms with Crippen molar-refractivity contribution in [3.63, 3.8) is 0 Å². The van der Waals surface area contributed by atoms with Crippen LogP contribution in [0.25, 0.3) is 10.8 Å². The van der Waals surface area contributed by atoms with Crippen molar-refractivity contribution in [2.75, 3.05) is 13.7 Å². The van der Waals surface area contributed by atoms with Crippen LogP contribution in [-0.4, -0.2) is 37.7 Å². The number of amides is 1. The Morgan fingerprint density at radius 2 is 1.82 bits per heavy atom. The first-order valence-corrected chi connectivity index (χ1v) is 10.9. The lowest BCUT2D eigenvalue weighted by Crippen LogP contribution is -2.43. The van der Waals surface area contributed by atoms with Crippen LogP contribution in [0.5, 0.6) is 0 Å². The van der Waals surface area contributed by atoms with Gasteiger partial charge in [0.1, 0.15) is 12.9 Å². The first-order chi connectivity index (χ1) is 17.9. The molecule has 3 aromatic carbocycles. The van der Waals surface area contributed by atoms with Crippen LogP contribution in [0, 0.1) is 5.82 Å². The van der Waals surface area contributed by atoms with Crippen LogP contribution in [-0.2, 0) is 21.5 Å². The molecule has 0 saturated carbocycles. The van der Waals surface area contributed by atoms with Crippen LogP contribution >= 0.6 is 0 Å². The molecule has 1 N–H and O–H groups in total. The third-order valence-electron chi connectivity index (χ3n) is 5.89. The summed E-state index contributed by atoms with van der Waals surface area (Å²) in [6, 6.07) is 9.72. The Hall–Kier alpha value is -4.16. The molecule has 1 amide bonds. The first-order valence-electron chi connectivity index (χ1n) is 10.9. The second-order valence-electron chi connectivity index (χ2n) is 8.24. The van der Waals surface area contributed by atoms with Gasteiger partial charge >= 0.3 is 12.4 Å². The summed E-state index contributed by atoms with van der Waals surface area (Å²) in [6.45, 7) is 0.0466. The molecule has 1 aliphatic heterocycles. The van der Waals surface area contributed by atoms with Gasteiger partial charge in [-0.25, -0.2) is 4.39 Å². The first kappa shape index (κ1) is 26.9. The summed E-state index contributed by atoms with van der Waals surface area (Å²) in [5.41, 5.74) is -5.90. The zero-order valence-electron chi connectivity index (χ0n) is 19.5. The maximum atomic E-state index is 14.3. The summed E-state index contributed by atoms with van der Waals surface area (Å²) in [5, 5.41) is 10.4. The van der Waals surface area contributed by atoms with Crippen molar-refractivity contribution in [3.05, 3.63) is 82.7 Å². The van der Waals surface area contributed by atoms with E-state index >= 15 is 0 Å². The van der Waals surface area contributed by atoms with E-state index in [1.807, 2.05) is 0 Å². The Kier molecular flexibility index (Phi) is 7.04. The van der Waals surface area contributed by atoms with Gasteiger partial charge in [-0.2, -0.15) is 26.3 Å². The highest BCUT2D eigenvalue weighted by molar-refractivity contribution is 6.16. The molecule has 0 bridgehead atoms. The number of oxime groups is 2. The Morgan fingerprint density at radius 1 is 1.11 bits per heavy atom. The normalized spacial score (nSPS) is 17.9. The lowest BCUT2D eigenvalue weighted by Gasteiger charge is -2.30. The van der Waals surface area contributed by atoms with Gasteiger partial charge < -0.3 is 15.0 Å². The molecular formula is C25H18F7N3O3. The maximum Gasteiger partial charge on any atom is 0.435 e. The predicted octanol–water partition coefficient (Wildman–Crippen LogP) is 5.94. The lowest BCUT2D eigenvalue weighted by molar-refractivity contribution is -0.276.